The first-order valence-electron chi connectivity index (χ1n) is 7.81. The van der Waals surface area contributed by atoms with E-state index in [9.17, 15) is 14.7 Å². The first-order chi connectivity index (χ1) is 10.0. The van der Waals surface area contributed by atoms with E-state index in [4.69, 9.17) is 4.74 Å². The number of allylic oxidation sites excluding steroid dienone is 1. The molecule has 2 atom stereocenters. The molecule has 1 fully saturated rings. The number of hydrogen-bond acceptors (Lipinski definition) is 3. The van der Waals surface area contributed by atoms with Gasteiger partial charge in [-0.3, -0.25) is 0 Å². The summed E-state index contributed by atoms with van der Waals surface area (Å²) in [6, 6.07) is -0.832. The summed E-state index contributed by atoms with van der Waals surface area (Å²) < 4.78 is 5.12. The van der Waals surface area contributed by atoms with Crippen molar-refractivity contribution in [2.24, 2.45) is 11.8 Å². The molecule has 1 aliphatic rings. The average molecular weight is 297 g/mol. The number of carboxylic acids is 1. The fourth-order valence-corrected chi connectivity index (χ4v) is 2.72. The molecule has 0 unspecified atom stereocenters. The number of rotatable bonds is 8. The van der Waals surface area contributed by atoms with Crippen LogP contribution in [0.15, 0.2) is 12.7 Å². The number of carbonyl (C=O) groups excluding carboxylic acids is 1. The third-order valence-corrected chi connectivity index (χ3v) is 4.02. The van der Waals surface area contributed by atoms with Gasteiger partial charge in [0.1, 0.15) is 6.04 Å². The Labute approximate surface area is 126 Å². The van der Waals surface area contributed by atoms with Crippen molar-refractivity contribution in [1.82, 2.24) is 5.32 Å². The Morgan fingerprint density at radius 1 is 1.38 bits per heavy atom. The molecule has 0 bridgehead atoms. The van der Waals surface area contributed by atoms with Crippen LogP contribution < -0.4 is 5.32 Å². The second kappa shape index (κ2) is 9.42. The first-order valence-corrected chi connectivity index (χ1v) is 7.81. The average Bonchev–Trinajstić information content (AvgIpc) is 2.49. The quantitative estimate of drug-likeness (QED) is 0.674. The molecule has 0 saturated heterocycles. The molecule has 0 aromatic rings. The topological polar surface area (TPSA) is 75.6 Å². The second-order valence-corrected chi connectivity index (χ2v) is 5.93. The maximum Gasteiger partial charge on any atom is 0.407 e. The highest BCUT2D eigenvalue weighted by atomic mass is 16.5. The molecule has 0 spiro atoms. The van der Waals surface area contributed by atoms with E-state index in [1.54, 1.807) is 0 Å². The molecular weight excluding hydrogens is 270 g/mol. The van der Waals surface area contributed by atoms with Crippen LogP contribution in [0.25, 0.3) is 0 Å². The summed E-state index contributed by atoms with van der Waals surface area (Å²) in [4.78, 5) is 23.1. The van der Waals surface area contributed by atoms with Crippen molar-refractivity contribution in [3.05, 3.63) is 12.7 Å². The zero-order valence-corrected chi connectivity index (χ0v) is 12.8. The van der Waals surface area contributed by atoms with E-state index in [0.29, 0.717) is 6.61 Å². The highest BCUT2D eigenvalue weighted by molar-refractivity contribution is 5.80. The minimum absolute atomic E-state index is 0.0157. The fourth-order valence-electron chi connectivity index (χ4n) is 2.72. The molecule has 0 heterocycles. The van der Waals surface area contributed by atoms with Crippen molar-refractivity contribution < 1.29 is 19.4 Å². The van der Waals surface area contributed by atoms with E-state index < -0.39 is 18.1 Å². The molecule has 5 heteroatoms. The fraction of sp³-hybridized carbons (Fsp3) is 0.750. The molecule has 5 nitrogen and oxygen atoms in total. The van der Waals surface area contributed by atoms with Crippen molar-refractivity contribution in [1.29, 1.82) is 0 Å². The van der Waals surface area contributed by atoms with Crippen molar-refractivity contribution in [2.45, 2.75) is 57.9 Å². The van der Waals surface area contributed by atoms with E-state index >= 15 is 0 Å². The summed E-state index contributed by atoms with van der Waals surface area (Å²) in [6.45, 7) is 5.95. The third kappa shape index (κ3) is 6.65. The standard InChI is InChI=1S/C16H27NO4/c1-3-4-8-12(2)11-21-16(20)17-14(15(18)19)13-9-6-5-7-10-13/h3,12-14H,1,4-11H2,2H3,(H,17,20)(H,18,19)/t12-,14-/m0/s1. The van der Waals surface area contributed by atoms with E-state index in [-0.39, 0.29) is 11.8 Å². The summed E-state index contributed by atoms with van der Waals surface area (Å²) in [5.74, 6) is -0.716. The normalized spacial score (nSPS) is 18.5. The molecule has 0 radical (unpaired) electrons. The molecule has 1 amide bonds. The largest absolute Gasteiger partial charge is 0.480 e. The summed E-state index contributed by atoms with van der Waals surface area (Å²) in [6.07, 6.45) is 7.91. The number of amides is 1. The number of aliphatic carboxylic acids is 1. The van der Waals surface area contributed by atoms with Crippen molar-refractivity contribution in [3.8, 4) is 0 Å². The van der Waals surface area contributed by atoms with Crippen LogP contribution in [-0.2, 0) is 9.53 Å². The third-order valence-electron chi connectivity index (χ3n) is 4.02. The molecule has 1 aliphatic carbocycles. The maximum absolute atomic E-state index is 11.8. The van der Waals surface area contributed by atoms with Crippen molar-refractivity contribution >= 4 is 12.1 Å². The van der Waals surface area contributed by atoms with Gasteiger partial charge in [0.25, 0.3) is 0 Å². The van der Waals surface area contributed by atoms with Crippen LogP contribution in [0.4, 0.5) is 4.79 Å². The van der Waals surface area contributed by atoms with Gasteiger partial charge in [-0.15, -0.1) is 6.58 Å². The minimum atomic E-state index is -0.974. The Balaban J connectivity index is 2.38. The van der Waals surface area contributed by atoms with Gasteiger partial charge in [-0.1, -0.05) is 32.3 Å². The predicted molar refractivity (Wildman–Crippen MR) is 81.1 cm³/mol. The Morgan fingerprint density at radius 3 is 2.62 bits per heavy atom. The summed E-state index contributed by atoms with van der Waals surface area (Å²) in [7, 11) is 0. The monoisotopic (exact) mass is 297 g/mol. The molecule has 120 valence electrons. The zero-order chi connectivity index (χ0) is 15.7. The lowest BCUT2D eigenvalue weighted by atomic mass is 9.84. The Bertz CT molecular complexity index is 350. The lowest BCUT2D eigenvalue weighted by Crippen LogP contribution is -2.47. The molecule has 0 aromatic carbocycles. The molecule has 2 N–H and O–H groups in total. The van der Waals surface area contributed by atoms with Crippen LogP contribution in [0.5, 0.6) is 0 Å². The number of ether oxygens (including phenoxy) is 1. The number of carboxylic acid groups (broad SMARTS) is 1. The lowest BCUT2D eigenvalue weighted by Gasteiger charge is -2.27. The Kier molecular flexibility index (Phi) is 7.87. The SMILES string of the molecule is C=CCC[C@H](C)COC(=O)N[C@H](C(=O)O)C1CCCCC1. The molecule has 0 aromatic heterocycles. The number of alkyl carbamates (subject to hydrolysis) is 1. The minimum Gasteiger partial charge on any atom is -0.480 e. The van der Waals surface area contributed by atoms with Gasteiger partial charge in [0, 0.05) is 0 Å². The second-order valence-electron chi connectivity index (χ2n) is 5.93. The van der Waals surface area contributed by atoms with Gasteiger partial charge in [-0.2, -0.15) is 0 Å². The molecule has 1 rings (SSSR count). The van der Waals surface area contributed by atoms with Gasteiger partial charge in [0.05, 0.1) is 6.61 Å². The van der Waals surface area contributed by atoms with E-state index in [2.05, 4.69) is 11.9 Å². The van der Waals surface area contributed by atoms with Crippen LogP contribution in [0, 0.1) is 11.8 Å². The Morgan fingerprint density at radius 2 is 2.05 bits per heavy atom. The van der Waals surface area contributed by atoms with Crippen LogP contribution in [0.2, 0.25) is 0 Å². The molecule has 0 aliphatic heterocycles. The highest BCUT2D eigenvalue weighted by Gasteiger charge is 2.31. The summed E-state index contributed by atoms with van der Waals surface area (Å²) in [5.41, 5.74) is 0. The van der Waals surface area contributed by atoms with E-state index in [1.807, 2.05) is 13.0 Å². The first kappa shape index (κ1) is 17.5. The van der Waals surface area contributed by atoms with Gasteiger partial charge in [0.15, 0.2) is 0 Å². The maximum atomic E-state index is 11.8. The van der Waals surface area contributed by atoms with Crippen molar-refractivity contribution in [2.75, 3.05) is 6.61 Å². The predicted octanol–water partition coefficient (Wildman–Crippen LogP) is 3.35. The smallest absolute Gasteiger partial charge is 0.407 e. The van der Waals surface area contributed by atoms with Gasteiger partial charge in [-0.25, -0.2) is 9.59 Å². The van der Waals surface area contributed by atoms with Gasteiger partial charge in [-0.05, 0) is 37.5 Å². The van der Waals surface area contributed by atoms with Gasteiger partial charge >= 0.3 is 12.1 Å². The highest BCUT2D eigenvalue weighted by Crippen LogP contribution is 2.26. The molecular formula is C16H27NO4. The van der Waals surface area contributed by atoms with Crippen molar-refractivity contribution in [3.63, 3.8) is 0 Å². The Hall–Kier alpha value is -1.52. The number of carbonyl (C=O) groups is 2. The van der Waals surface area contributed by atoms with Gasteiger partial charge in [0.2, 0.25) is 0 Å². The molecule has 1 saturated carbocycles. The van der Waals surface area contributed by atoms with E-state index in [1.165, 1.54) is 0 Å². The van der Waals surface area contributed by atoms with Crippen LogP contribution in [0.1, 0.15) is 51.9 Å². The summed E-state index contributed by atoms with van der Waals surface area (Å²) >= 11 is 0. The van der Waals surface area contributed by atoms with Crippen LogP contribution in [0.3, 0.4) is 0 Å². The number of nitrogens with one attached hydrogen (secondary N) is 1. The lowest BCUT2D eigenvalue weighted by molar-refractivity contribution is -0.141. The van der Waals surface area contributed by atoms with Crippen LogP contribution >= 0.6 is 0 Å². The number of hydrogen-bond donors (Lipinski definition) is 2. The van der Waals surface area contributed by atoms with Crippen LogP contribution in [-0.4, -0.2) is 29.8 Å². The zero-order valence-electron chi connectivity index (χ0n) is 12.8. The summed E-state index contributed by atoms with van der Waals surface area (Å²) in [5, 5.41) is 11.8. The van der Waals surface area contributed by atoms with Gasteiger partial charge < -0.3 is 15.2 Å². The molecule has 21 heavy (non-hydrogen) atoms. The van der Waals surface area contributed by atoms with E-state index in [0.717, 1.165) is 44.9 Å².